The van der Waals surface area contributed by atoms with Crippen LogP contribution in [0.2, 0.25) is 0 Å². The fraction of sp³-hybridized carbons (Fsp3) is 0.571. The van der Waals surface area contributed by atoms with Gasteiger partial charge in [-0.15, -0.1) is 0 Å². The Balaban J connectivity index is 1.73. The summed E-state index contributed by atoms with van der Waals surface area (Å²) in [6.45, 7) is 0.992. The van der Waals surface area contributed by atoms with Crippen molar-refractivity contribution in [1.29, 1.82) is 0 Å². The van der Waals surface area contributed by atoms with E-state index in [2.05, 4.69) is 5.32 Å². The lowest BCUT2D eigenvalue weighted by atomic mass is 9.85. The summed E-state index contributed by atoms with van der Waals surface area (Å²) in [5.41, 5.74) is 0.897. The Labute approximate surface area is 101 Å². The first kappa shape index (κ1) is 11.2. The molecule has 1 saturated carbocycles. The van der Waals surface area contributed by atoms with Gasteiger partial charge in [-0.1, -0.05) is 25.0 Å². The number of fused-ring (bicyclic) bond motifs is 1. The minimum Gasteiger partial charge on any atom is -0.356 e. The van der Waals surface area contributed by atoms with Crippen molar-refractivity contribution < 1.29 is 9.13 Å². The summed E-state index contributed by atoms with van der Waals surface area (Å²) in [6, 6.07) is 6.68. The zero-order valence-corrected chi connectivity index (χ0v) is 9.86. The van der Waals surface area contributed by atoms with Crippen molar-refractivity contribution >= 4 is 0 Å². The Morgan fingerprint density at radius 1 is 1.24 bits per heavy atom. The number of rotatable bonds is 1. The molecular weight excluding hydrogens is 217 g/mol. The van der Waals surface area contributed by atoms with Crippen LogP contribution in [0.25, 0.3) is 0 Å². The number of hydrogen-bond donors (Lipinski definition) is 1. The Bertz CT molecular complexity index is 396. The van der Waals surface area contributed by atoms with E-state index in [1.54, 1.807) is 12.1 Å². The van der Waals surface area contributed by atoms with Gasteiger partial charge in [0.25, 0.3) is 0 Å². The van der Waals surface area contributed by atoms with E-state index in [-0.39, 0.29) is 12.0 Å². The third kappa shape index (κ3) is 2.35. The number of hydrogen-bond acceptors (Lipinski definition) is 2. The predicted octanol–water partition coefficient (Wildman–Crippen LogP) is 3.00. The van der Waals surface area contributed by atoms with Gasteiger partial charge in [0.05, 0.1) is 6.10 Å². The second-order valence-corrected chi connectivity index (χ2v) is 5.06. The van der Waals surface area contributed by atoms with E-state index >= 15 is 0 Å². The molecule has 17 heavy (non-hydrogen) atoms. The molecule has 3 heteroatoms. The number of halogens is 1. The van der Waals surface area contributed by atoms with Gasteiger partial charge in [0.1, 0.15) is 12.0 Å². The zero-order valence-electron chi connectivity index (χ0n) is 9.86. The highest BCUT2D eigenvalue weighted by atomic mass is 19.1. The molecule has 1 aromatic carbocycles. The highest BCUT2D eigenvalue weighted by Gasteiger charge is 2.33. The molecule has 0 bridgehead atoms. The van der Waals surface area contributed by atoms with Gasteiger partial charge in [0.15, 0.2) is 0 Å². The summed E-state index contributed by atoms with van der Waals surface area (Å²) in [5.74, 6) is 0.451. The van der Waals surface area contributed by atoms with Crippen molar-refractivity contribution in [3.8, 4) is 0 Å². The lowest BCUT2D eigenvalue weighted by Crippen LogP contribution is -2.45. The van der Waals surface area contributed by atoms with Gasteiger partial charge < -0.3 is 4.74 Å². The Morgan fingerprint density at radius 2 is 2.12 bits per heavy atom. The van der Waals surface area contributed by atoms with E-state index < -0.39 is 0 Å². The average Bonchev–Trinajstić information content (AvgIpc) is 2.38. The molecule has 1 aliphatic carbocycles. The molecule has 0 radical (unpaired) electrons. The molecule has 1 aliphatic heterocycles. The Morgan fingerprint density at radius 3 is 3.00 bits per heavy atom. The van der Waals surface area contributed by atoms with Crippen LogP contribution in [0.15, 0.2) is 24.3 Å². The van der Waals surface area contributed by atoms with Gasteiger partial charge in [-0.25, -0.2) is 4.39 Å². The van der Waals surface area contributed by atoms with Gasteiger partial charge in [-0.05, 0) is 36.5 Å². The van der Waals surface area contributed by atoms with Gasteiger partial charge >= 0.3 is 0 Å². The highest BCUT2D eigenvalue weighted by Crippen LogP contribution is 2.33. The maximum Gasteiger partial charge on any atom is 0.134 e. The van der Waals surface area contributed by atoms with Gasteiger partial charge in [-0.2, -0.15) is 0 Å². The summed E-state index contributed by atoms with van der Waals surface area (Å²) in [6.07, 6.45) is 5.21. The predicted molar refractivity (Wildman–Crippen MR) is 64.0 cm³/mol. The van der Waals surface area contributed by atoms with Crippen molar-refractivity contribution in [3.63, 3.8) is 0 Å². The molecule has 3 rings (SSSR count). The van der Waals surface area contributed by atoms with Crippen LogP contribution in [-0.4, -0.2) is 12.6 Å². The monoisotopic (exact) mass is 235 g/mol. The molecule has 0 aromatic heterocycles. The first-order valence-corrected chi connectivity index (χ1v) is 6.47. The number of ether oxygens (including phenoxy) is 1. The zero-order chi connectivity index (χ0) is 11.7. The maximum absolute atomic E-state index is 13.2. The quantitative estimate of drug-likeness (QED) is 0.808. The van der Waals surface area contributed by atoms with Crippen LogP contribution in [0.5, 0.6) is 0 Å². The minimum absolute atomic E-state index is 0.134. The van der Waals surface area contributed by atoms with Crippen LogP contribution in [0.3, 0.4) is 0 Å². The smallest absolute Gasteiger partial charge is 0.134 e. The lowest BCUT2D eigenvalue weighted by molar-refractivity contribution is -0.109. The molecule has 92 valence electrons. The fourth-order valence-corrected chi connectivity index (χ4v) is 2.93. The second-order valence-electron chi connectivity index (χ2n) is 5.06. The van der Waals surface area contributed by atoms with Crippen molar-refractivity contribution in [1.82, 2.24) is 5.32 Å². The largest absolute Gasteiger partial charge is 0.356 e. The molecule has 1 N–H and O–H groups in total. The molecule has 2 nitrogen and oxygen atoms in total. The molecule has 1 aromatic rings. The topological polar surface area (TPSA) is 21.3 Å². The molecular formula is C14H18FNO. The lowest BCUT2D eigenvalue weighted by Gasteiger charge is -2.40. The van der Waals surface area contributed by atoms with Gasteiger partial charge in [0.2, 0.25) is 0 Å². The summed E-state index contributed by atoms with van der Waals surface area (Å²) >= 11 is 0. The van der Waals surface area contributed by atoms with E-state index in [1.807, 2.05) is 6.07 Å². The summed E-state index contributed by atoms with van der Waals surface area (Å²) in [4.78, 5) is 0. The first-order chi connectivity index (χ1) is 8.33. The third-order valence-electron chi connectivity index (χ3n) is 3.87. The Hall–Kier alpha value is -0.930. The number of nitrogens with one attached hydrogen (secondary N) is 1. The van der Waals surface area contributed by atoms with E-state index in [9.17, 15) is 4.39 Å². The fourth-order valence-electron chi connectivity index (χ4n) is 2.93. The van der Waals surface area contributed by atoms with Crippen LogP contribution in [0.1, 0.15) is 37.5 Å². The normalized spacial score (nSPS) is 33.1. The molecule has 2 fully saturated rings. The van der Waals surface area contributed by atoms with Crippen molar-refractivity contribution in [2.75, 3.05) is 6.54 Å². The molecule has 3 atom stereocenters. The van der Waals surface area contributed by atoms with Crippen LogP contribution < -0.4 is 5.32 Å². The van der Waals surface area contributed by atoms with E-state index in [0.717, 1.165) is 18.5 Å². The summed E-state index contributed by atoms with van der Waals surface area (Å²) in [7, 11) is 0. The standard InChI is InChI=1S/C14H18FNO/c15-12-6-3-5-10(8-12)14-16-9-11-4-1-2-7-13(11)17-14/h3,5-6,8,11,13-14,16H,1-2,4,7,9H2/t11-,13+,14?/m1/s1. The van der Waals surface area contributed by atoms with E-state index in [1.165, 1.54) is 25.3 Å². The first-order valence-electron chi connectivity index (χ1n) is 6.47. The molecule has 1 saturated heterocycles. The molecule has 0 amide bonds. The molecule has 1 heterocycles. The maximum atomic E-state index is 13.2. The van der Waals surface area contributed by atoms with Gasteiger partial charge in [0, 0.05) is 6.54 Å². The SMILES string of the molecule is Fc1cccc(C2NC[C@H]3CCCC[C@@H]3O2)c1. The van der Waals surface area contributed by atoms with Crippen molar-refractivity contribution in [2.24, 2.45) is 5.92 Å². The Kier molecular flexibility index (Phi) is 3.12. The van der Waals surface area contributed by atoms with Crippen LogP contribution in [0.4, 0.5) is 4.39 Å². The summed E-state index contributed by atoms with van der Waals surface area (Å²) < 4.78 is 19.2. The van der Waals surface area contributed by atoms with Crippen molar-refractivity contribution in [2.45, 2.75) is 38.0 Å². The third-order valence-corrected chi connectivity index (χ3v) is 3.87. The highest BCUT2D eigenvalue weighted by molar-refractivity contribution is 5.19. The van der Waals surface area contributed by atoms with Crippen LogP contribution in [-0.2, 0) is 4.74 Å². The summed E-state index contributed by atoms with van der Waals surface area (Å²) in [5, 5.41) is 3.37. The van der Waals surface area contributed by atoms with Crippen molar-refractivity contribution in [3.05, 3.63) is 35.6 Å². The number of benzene rings is 1. The molecule has 2 aliphatic rings. The van der Waals surface area contributed by atoms with E-state index in [0.29, 0.717) is 12.0 Å². The second kappa shape index (κ2) is 4.75. The van der Waals surface area contributed by atoms with Gasteiger partial charge in [-0.3, -0.25) is 5.32 Å². The van der Waals surface area contributed by atoms with Crippen LogP contribution >= 0.6 is 0 Å². The minimum atomic E-state index is -0.196. The van der Waals surface area contributed by atoms with Crippen LogP contribution in [0, 0.1) is 11.7 Å². The molecule has 0 spiro atoms. The molecule has 1 unspecified atom stereocenters. The van der Waals surface area contributed by atoms with E-state index in [4.69, 9.17) is 4.74 Å². The average molecular weight is 235 g/mol.